The van der Waals surface area contributed by atoms with E-state index in [1.807, 2.05) is 20.1 Å². The lowest BCUT2D eigenvalue weighted by atomic mass is 9.99. The maximum absolute atomic E-state index is 10.7. The van der Waals surface area contributed by atoms with Crippen molar-refractivity contribution in [3.8, 4) is 0 Å². The molecule has 0 aromatic carbocycles. The van der Waals surface area contributed by atoms with Gasteiger partial charge < -0.3 is 4.57 Å². The Morgan fingerprint density at radius 3 is 2.67 bits per heavy atom. The van der Waals surface area contributed by atoms with Crippen molar-refractivity contribution in [3.63, 3.8) is 0 Å². The first-order valence-corrected chi connectivity index (χ1v) is 2.83. The molecule has 9 heavy (non-hydrogen) atoms. The molecule has 0 aliphatic rings. The van der Waals surface area contributed by atoms with E-state index < -0.39 is 0 Å². The van der Waals surface area contributed by atoms with Crippen LogP contribution in [0.2, 0.25) is 0 Å². The van der Waals surface area contributed by atoms with Crippen LogP contribution in [0.4, 0.5) is 0 Å². The van der Waals surface area contributed by atoms with Crippen molar-refractivity contribution < 1.29 is 0 Å². The summed E-state index contributed by atoms with van der Waals surface area (Å²) in [5.74, 6) is 0. The topological polar surface area (TPSA) is 22.0 Å². The van der Waals surface area contributed by atoms with Gasteiger partial charge in [-0.05, 0) is 0 Å². The number of rotatable bonds is 0. The molecule has 0 atom stereocenters. The van der Waals surface area contributed by atoms with Crippen molar-refractivity contribution in [2.75, 3.05) is 0 Å². The molecule has 1 rings (SSSR count). The van der Waals surface area contributed by atoms with Crippen molar-refractivity contribution in [2.24, 2.45) is 7.05 Å². The van der Waals surface area contributed by atoms with Gasteiger partial charge in [0.25, 0.3) is 0 Å². The van der Waals surface area contributed by atoms with E-state index in [1.54, 1.807) is 17.7 Å². The van der Waals surface area contributed by atoms with E-state index in [1.165, 1.54) is 0 Å². The second-order valence-corrected chi connectivity index (χ2v) is 2.16. The molecule has 0 saturated heterocycles. The van der Waals surface area contributed by atoms with E-state index in [2.05, 4.69) is 0 Å². The van der Waals surface area contributed by atoms with E-state index >= 15 is 0 Å². The Morgan fingerprint density at radius 2 is 2.22 bits per heavy atom. The zero-order chi connectivity index (χ0) is 6.85. The fourth-order valence-electron chi connectivity index (χ4n) is 0.732. The average molecular weight is 121 g/mol. The van der Waals surface area contributed by atoms with Crippen LogP contribution in [0.1, 0.15) is 0 Å². The highest BCUT2D eigenvalue weighted by atomic mass is 16.1. The van der Waals surface area contributed by atoms with Gasteiger partial charge in [0, 0.05) is 19.3 Å². The summed E-state index contributed by atoms with van der Waals surface area (Å²) in [6.45, 7) is 0. The molecule has 0 N–H and O–H groups in total. The molecule has 1 aromatic heterocycles. The average Bonchev–Trinajstić information content (AvgIpc) is 1.80. The fourth-order valence-corrected chi connectivity index (χ4v) is 0.732. The second kappa shape index (κ2) is 2.09. The summed E-state index contributed by atoms with van der Waals surface area (Å²) in [7, 11) is 3.70. The number of nitrogens with zero attached hydrogens (tertiary/aromatic N) is 1. The highest BCUT2D eigenvalue weighted by molar-refractivity contribution is 6.31. The van der Waals surface area contributed by atoms with E-state index in [0.29, 0.717) is 0 Å². The van der Waals surface area contributed by atoms with Gasteiger partial charge in [-0.2, -0.15) is 0 Å². The number of pyridine rings is 1. The molecule has 0 aliphatic carbocycles. The fraction of sp³-hybridized carbons (Fsp3) is 0.167. The van der Waals surface area contributed by atoms with Gasteiger partial charge in [0.2, 0.25) is 5.56 Å². The zero-order valence-electron chi connectivity index (χ0n) is 5.59. The third kappa shape index (κ3) is 1.22. The third-order valence-corrected chi connectivity index (χ3v) is 1.23. The number of aryl methyl sites for hydroxylation is 1. The summed E-state index contributed by atoms with van der Waals surface area (Å²) in [6.07, 6.45) is 1.81. The Balaban J connectivity index is 3.34. The van der Waals surface area contributed by atoms with Crippen molar-refractivity contribution in [3.05, 3.63) is 28.7 Å². The molecule has 2 nitrogen and oxygen atoms in total. The first-order valence-electron chi connectivity index (χ1n) is 2.83. The van der Waals surface area contributed by atoms with Gasteiger partial charge in [-0.25, -0.2) is 0 Å². The molecular weight excluding hydrogens is 113 g/mol. The molecule has 0 saturated carbocycles. The molecule has 0 unspecified atom stereocenters. The predicted octanol–water partition coefficient (Wildman–Crippen LogP) is -1.36. The predicted molar refractivity (Wildman–Crippen MR) is 39.9 cm³/mol. The molecule has 1 aromatic rings. The lowest BCUT2D eigenvalue weighted by Gasteiger charge is -1.95. The van der Waals surface area contributed by atoms with E-state index in [-0.39, 0.29) is 5.56 Å². The molecule has 0 radical (unpaired) electrons. The smallest absolute Gasteiger partial charge is 0.250 e. The molecule has 0 bridgehead atoms. The van der Waals surface area contributed by atoms with Gasteiger partial charge >= 0.3 is 0 Å². The minimum Gasteiger partial charge on any atom is -0.319 e. The van der Waals surface area contributed by atoms with Crippen LogP contribution in [0.5, 0.6) is 0 Å². The summed E-state index contributed by atoms with van der Waals surface area (Å²) in [6, 6.07) is 3.37. The largest absolute Gasteiger partial charge is 0.319 e. The third-order valence-electron chi connectivity index (χ3n) is 1.23. The summed E-state index contributed by atoms with van der Waals surface area (Å²) in [5.41, 5.74) is 1.15. The number of hydrogen-bond acceptors (Lipinski definition) is 1. The molecule has 0 fully saturated rings. The Bertz CT molecular complexity index is 266. The summed E-state index contributed by atoms with van der Waals surface area (Å²) in [5, 5.41) is 0. The van der Waals surface area contributed by atoms with E-state index in [4.69, 9.17) is 0 Å². The Hall–Kier alpha value is -0.985. The van der Waals surface area contributed by atoms with Gasteiger partial charge in [-0.3, -0.25) is 4.79 Å². The maximum Gasteiger partial charge on any atom is 0.250 e. The lowest BCUT2D eigenvalue weighted by Crippen LogP contribution is -2.20. The molecular formula is C6H8BNO. The SMILES string of the molecule is Bc1ccc(=O)n(C)c1. The molecule has 0 spiro atoms. The van der Waals surface area contributed by atoms with Crippen LogP contribution >= 0.6 is 0 Å². The Kier molecular flexibility index (Phi) is 1.43. The molecule has 0 amide bonds. The van der Waals surface area contributed by atoms with Crippen molar-refractivity contribution >= 4 is 13.3 Å². The Morgan fingerprint density at radius 1 is 1.56 bits per heavy atom. The molecule has 3 heteroatoms. The van der Waals surface area contributed by atoms with Gasteiger partial charge in [0.1, 0.15) is 7.85 Å². The molecule has 0 aliphatic heterocycles. The van der Waals surface area contributed by atoms with Crippen molar-refractivity contribution in [1.29, 1.82) is 0 Å². The van der Waals surface area contributed by atoms with Crippen LogP contribution in [0.15, 0.2) is 23.1 Å². The van der Waals surface area contributed by atoms with Crippen LogP contribution < -0.4 is 11.0 Å². The normalized spacial score (nSPS) is 9.44. The van der Waals surface area contributed by atoms with Crippen molar-refractivity contribution in [1.82, 2.24) is 4.57 Å². The van der Waals surface area contributed by atoms with Gasteiger partial charge in [-0.15, -0.1) is 0 Å². The highest BCUT2D eigenvalue weighted by Gasteiger charge is 1.86. The van der Waals surface area contributed by atoms with Gasteiger partial charge in [0.05, 0.1) is 0 Å². The Labute approximate surface area is 54.5 Å². The second-order valence-electron chi connectivity index (χ2n) is 2.16. The molecule has 46 valence electrons. The van der Waals surface area contributed by atoms with Crippen LogP contribution in [0, 0.1) is 0 Å². The zero-order valence-corrected chi connectivity index (χ0v) is 5.59. The standard InChI is InChI=1S/C6H8BNO/c1-8-4-5(7)2-3-6(8)9/h2-4H,7H2,1H3. The number of hydrogen-bond donors (Lipinski definition) is 0. The summed E-state index contributed by atoms with van der Waals surface area (Å²) < 4.78 is 1.56. The van der Waals surface area contributed by atoms with Gasteiger partial charge in [-0.1, -0.05) is 11.5 Å². The minimum absolute atomic E-state index is 0.0422. The van der Waals surface area contributed by atoms with Crippen molar-refractivity contribution in [2.45, 2.75) is 0 Å². The monoisotopic (exact) mass is 121 g/mol. The first-order chi connectivity index (χ1) is 4.20. The highest BCUT2D eigenvalue weighted by Crippen LogP contribution is 1.69. The summed E-state index contributed by atoms with van der Waals surface area (Å²) in [4.78, 5) is 10.7. The van der Waals surface area contributed by atoms with Crippen LogP contribution in [-0.4, -0.2) is 12.4 Å². The van der Waals surface area contributed by atoms with Crippen LogP contribution in [-0.2, 0) is 7.05 Å². The van der Waals surface area contributed by atoms with E-state index in [9.17, 15) is 4.79 Å². The van der Waals surface area contributed by atoms with E-state index in [0.717, 1.165) is 5.46 Å². The minimum atomic E-state index is 0.0422. The van der Waals surface area contributed by atoms with Crippen LogP contribution in [0.25, 0.3) is 0 Å². The quantitative estimate of drug-likeness (QED) is 0.388. The number of aromatic nitrogens is 1. The lowest BCUT2D eigenvalue weighted by molar-refractivity contribution is 0.866. The first kappa shape index (κ1) is 6.14. The maximum atomic E-state index is 10.7. The summed E-state index contributed by atoms with van der Waals surface area (Å²) >= 11 is 0. The van der Waals surface area contributed by atoms with Crippen LogP contribution in [0.3, 0.4) is 0 Å². The van der Waals surface area contributed by atoms with Gasteiger partial charge in [0.15, 0.2) is 0 Å². The molecule has 1 heterocycles.